The monoisotopic (exact) mass is 312 g/mol. The van der Waals surface area contributed by atoms with Crippen LogP contribution in [0.2, 0.25) is 0 Å². The van der Waals surface area contributed by atoms with Crippen LogP contribution in [0.1, 0.15) is 19.4 Å². The zero-order valence-electron chi connectivity index (χ0n) is 11.2. The normalized spacial score (nSPS) is 25.1. The molecule has 0 aliphatic carbocycles. The van der Waals surface area contributed by atoms with Gasteiger partial charge >= 0.3 is 0 Å². The molecule has 100 valence electrons. The van der Waals surface area contributed by atoms with E-state index >= 15 is 0 Å². The number of hydrogen-bond donors (Lipinski definition) is 1. The summed E-state index contributed by atoms with van der Waals surface area (Å²) in [5.74, 6) is 0.961. The summed E-state index contributed by atoms with van der Waals surface area (Å²) < 4.78 is 6.52. The molecule has 0 bridgehead atoms. The Bertz CT molecular complexity index is 411. The van der Waals surface area contributed by atoms with Crippen molar-refractivity contribution in [2.75, 3.05) is 20.2 Å². The third-order valence-corrected chi connectivity index (χ3v) is 4.01. The second-order valence-electron chi connectivity index (χ2n) is 5.04. The standard InChI is InChI=1S/C14H21BrN2O/c1-10-8-17(11(2)7-16-10)9-12-4-5-13(15)6-14(12)18-3/h4-6,10-11,16H,7-9H2,1-3H3. The number of benzene rings is 1. The predicted molar refractivity (Wildman–Crippen MR) is 78.0 cm³/mol. The molecule has 1 aliphatic rings. The van der Waals surface area contributed by atoms with Crippen molar-refractivity contribution < 1.29 is 4.74 Å². The predicted octanol–water partition coefficient (Wildman–Crippen LogP) is 2.64. The number of nitrogens with one attached hydrogen (secondary N) is 1. The van der Waals surface area contributed by atoms with Crippen LogP contribution in [0.25, 0.3) is 0 Å². The van der Waals surface area contributed by atoms with E-state index in [-0.39, 0.29) is 0 Å². The molecule has 1 heterocycles. The molecule has 0 aromatic heterocycles. The fraction of sp³-hybridized carbons (Fsp3) is 0.571. The quantitative estimate of drug-likeness (QED) is 0.928. The summed E-state index contributed by atoms with van der Waals surface area (Å²) in [6.07, 6.45) is 0. The van der Waals surface area contributed by atoms with Crippen molar-refractivity contribution in [3.05, 3.63) is 28.2 Å². The number of piperazine rings is 1. The molecule has 18 heavy (non-hydrogen) atoms. The van der Waals surface area contributed by atoms with Crippen molar-refractivity contribution in [2.24, 2.45) is 0 Å². The Morgan fingerprint density at radius 2 is 2.22 bits per heavy atom. The maximum absolute atomic E-state index is 5.46. The molecule has 2 atom stereocenters. The van der Waals surface area contributed by atoms with Gasteiger partial charge in [0, 0.05) is 41.8 Å². The Kier molecular flexibility index (Phi) is 4.65. The SMILES string of the molecule is COc1cc(Br)ccc1CN1CC(C)NCC1C. The van der Waals surface area contributed by atoms with Gasteiger partial charge in [0.2, 0.25) is 0 Å². The van der Waals surface area contributed by atoms with Crippen LogP contribution in [0.3, 0.4) is 0 Å². The average Bonchev–Trinajstić information content (AvgIpc) is 2.36. The molecule has 0 spiro atoms. The Morgan fingerprint density at radius 3 is 2.94 bits per heavy atom. The van der Waals surface area contributed by atoms with Crippen molar-refractivity contribution in [1.29, 1.82) is 0 Å². The van der Waals surface area contributed by atoms with E-state index in [2.05, 4.69) is 52.1 Å². The van der Waals surface area contributed by atoms with Gasteiger partial charge in [-0.1, -0.05) is 22.0 Å². The first-order valence-electron chi connectivity index (χ1n) is 6.40. The topological polar surface area (TPSA) is 24.5 Å². The first kappa shape index (κ1) is 13.8. The molecule has 1 N–H and O–H groups in total. The number of ether oxygens (including phenoxy) is 1. The number of halogens is 1. The highest BCUT2D eigenvalue weighted by Gasteiger charge is 2.23. The molecule has 0 saturated carbocycles. The number of nitrogens with zero attached hydrogens (tertiary/aromatic N) is 1. The molecule has 2 unspecified atom stereocenters. The van der Waals surface area contributed by atoms with Gasteiger partial charge in [0.1, 0.15) is 5.75 Å². The van der Waals surface area contributed by atoms with E-state index in [1.807, 2.05) is 6.07 Å². The molecular weight excluding hydrogens is 292 g/mol. The summed E-state index contributed by atoms with van der Waals surface area (Å²) >= 11 is 3.48. The van der Waals surface area contributed by atoms with Crippen molar-refractivity contribution >= 4 is 15.9 Å². The lowest BCUT2D eigenvalue weighted by molar-refractivity contribution is 0.137. The molecule has 0 amide bonds. The minimum atomic E-state index is 0.558. The van der Waals surface area contributed by atoms with Crippen molar-refractivity contribution in [3.63, 3.8) is 0 Å². The van der Waals surface area contributed by atoms with Crippen LogP contribution in [0.15, 0.2) is 22.7 Å². The molecule has 1 aromatic rings. The highest BCUT2D eigenvalue weighted by atomic mass is 79.9. The zero-order valence-corrected chi connectivity index (χ0v) is 12.8. The van der Waals surface area contributed by atoms with Crippen LogP contribution in [0, 0.1) is 0 Å². The maximum Gasteiger partial charge on any atom is 0.124 e. The van der Waals surface area contributed by atoms with E-state index < -0.39 is 0 Å². The molecule has 2 rings (SSSR count). The van der Waals surface area contributed by atoms with E-state index in [9.17, 15) is 0 Å². The van der Waals surface area contributed by atoms with Crippen LogP contribution in [0.4, 0.5) is 0 Å². The highest BCUT2D eigenvalue weighted by Crippen LogP contribution is 2.25. The molecule has 1 aromatic carbocycles. The lowest BCUT2D eigenvalue weighted by Gasteiger charge is -2.37. The van der Waals surface area contributed by atoms with Crippen LogP contribution < -0.4 is 10.1 Å². The average molecular weight is 313 g/mol. The van der Waals surface area contributed by atoms with E-state index in [1.165, 1.54) is 5.56 Å². The fourth-order valence-electron chi connectivity index (χ4n) is 2.39. The Labute approximate surface area is 118 Å². The molecule has 3 nitrogen and oxygen atoms in total. The smallest absolute Gasteiger partial charge is 0.124 e. The van der Waals surface area contributed by atoms with Crippen molar-refractivity contribution in [1.82, 2.24) is 10.2 Å². The van der Waals surface area contributed by atoms with Gasteiger partial charge in [0.25, 0.3) is 0 Å². The minimum Gasteiger partial charge on any atom is -0.496 e. The largest absolute Gasteiger partial charge is 0.496 e. The third-order valence-electron chi connectivity index (χ3n) is 3.52. The summed E-state index contributed by atoms with van der Waals surface area (Å²) in [7, 11) is 1.73. The Hall–Kier alpha value is -0.580. The fourth-order valence-corrected chi connectivity index (χ4v) is 2.73. The number of rotatable bonds is 3. The van der Waals surface area contributed by atoms with Gasteiger partial charge in [-0.3, -0.25) is 4.90 Å². The summed E-state index contributed by atoms with van der Waals surface area (Å²) in [6.45, 7) is 7.59. The molecule has 1 saturated heterocycles. The van der Waals surface area contributed by atoms with Gasteiger partial charge in [-0.15, -0.1) is 0 Å². The van der Waals surface area contributed by atoms with Crippen LogP contribution in [-0.2, 0) is 6.54 Å². The number of methoxy groups -OCH3 is 1. The Balaban J connectivity index is 2.12. The highest BCUT2D eigenvalue weighted by molar-refractivity contribution is 9.10. The Morgan fingerprint density at radius 1 is 1.44 bits per heavy atom. The molecule has 1 aliphatic heterocycles. The van der Waals surface area contributed by atoms with E-state index in [0.29, 0.717) is 12.1 Å². The lowest BCUT2D eigenvalue weighted by Crippen LogP contribution is -2.53. The molecular formula is C14H21BrN2O. The zero-order chi connectivity index (χ0) is 13.1. The van der Waals surface area contributed by atoms with Crippen molar-refractivity contribution in [3.8, 4) is 5.75 Å². The summed E-state index contributed by atoms with van der Waals surface area (Å²) in [5, 5.41) is 3.50. The summed E-state index contributed by atoms with van der Waals surface area (Å²) in [5.41, 5.74) is 1.25. The third kappa shape index (κ3) is 3.25. The van der Waals surface area contributed by atoms with E-state index in [0.717, 1.165) is 29.9 Å². The van der Waals surface area contributed by atoms with Crippen LogP contribution in [-0.4, -0.2) is 37.2 Å². The maximum atomic E-state index is 5.46. The van der Waals surface area contributed by atoms with E-state index in [1.54, 1.807) is 7.11 Å². The summed E-state index contributed by atoms with van der Waals surface area (Å²) in [6, 6.07) is 7.37. The van der Waals surface area contributed by atoms with E-state index in [4.69, 9.17) is 4.74 Å². The minimum absolute atomic E-state index is 0.558. The van der Waals surface area contributed by atoms with Gasteiger partial charge in [-0.25, -0.2) is 0 Å². The second-order valence-corrected chi connectivity index (χ2v) is 5.96. The van der Waals surface area contributed by atoms with Crippen molar-refractivity contribution in [2.45, 2.75) is 32.5 Å². The van der Waals surface area contributed by atoms with Gasteiger partial charge in [0.05, 0.1) is 7.11 Å². The lowest BCUT2D eigenvalue weighted by atomic mass is 10.1. The van der Waals surface area contributed by atoms with Gasteiger partial charge in [-0.2, -0.15) is 0 Å². The number of hydrogen-bond acceptors (Lipinski definition) is 3. The second kappa shape index (κ2) is 6.04. The van der Waals surface area contributed by atoms with Gasteiger partial charge in [0.15, 0.2) is 0 Å². The first-order valence-corrected chi connectivity index (χ1v) is 7.19. The molecule has 1 fully saturated rings. The summed E-state index contributed by atoms with van der Waals surface area (Å²) in [4.78, 5) is 2.51. The molecule has 4 heteroatoms. The van der Waals surface area contributed by atoms with Gasteiger partial charge in [-0.05, 0) is 26.0 Å². The van der Waals surface area contributed by atoms with Gasteiger partial charge < -0.3 is 10.1 Å². The first-order chi connectivity index (χ1) is 8.60. The van der Waals surface area contributed by atoms with Crippen LogP contribution in [0.5, 0.6) is 5.75 Å². The van der Waals surface area contributed by atoms with Crippen LogP contribution >= 0.6 is 15.9 Å². The molecule has 0 radical (unpaired) electrons.